The summed E-state index contributed by atoms with van der Waals surface area (Å²) in [5.74, 6) is 0.364. The van der Waals surface area contributed by atoms with E-state index in [-0.39, 0.29) is 5.91 Å². The lowest BCUT2D eigenvalue weighted by Crippen LogP contribution is -2.22. The zero-order valence-electron chi connectivity index (χ0n) is 17.8. The molecule has 1 fully saturated rings. The van der Waals surface area contributed by atoms with Gasteiger partial charge in [-0.2, -0.15) is 0 Å². The van der Waals surface area contributed by atoms with Gasteiger partial charge in [-0.1, -0.05) is 79.0 Å². The van der Waals surface area contributed by atoms with Crippen LogP contribution >= 0.6 is 23.4 Å². The predicted octanol–water partition coefficient (Wildman–Crippen LogP) is 7.44. The average molecular weight is 461 g/mol. The third kappa shape index (κ3) is 4.48. The fraction of sp³-hybridized carbons (Fsp3) is 0.259. The molecule has 0 spiro atoms. The fourth-order valence-corrected chi connectivity index (χ4v) is 5.73. The van der Waals surface area contributed by atoms with Crippen molar-refractivity contribution in [3.05, 3.63) is 88.4 Å². The first-order valence-corrected chi connectivity index (χ1v) is 12.4. The minimum absolute atomic E-state index is 0.117. The molecule has 162 valence electrons. The summed E-state index contributed by atoms with van der Waals surface area (Å²) >= 11 is 7.97. The Morgan fingerprint density at radius 3 is 2.59 bits per heavy atom. The number of nitrogens with one attached hydrogen (secondary N) is 1. The number of aliphatic imine (C=N–C) groups is 1. The molecule has 2 aliphatic rings. The fourth-order valence-electron chi connectivity index (χ4n) is 4.51. The molecule has 3 aromatic carbocycles. The Balaban J connectivity index is 1.45. The van der Waals surface area contributed by atoms with Gasteiger partial charge >= 0.3 is 0 Å². The summed E-state index contributed by atoms with van der Waals surface area (Å²) in [5.41, 5.74) is 4.83. The zero-order chi connectivity index (χ0) is 21.9. The number of rotatable bonds is 4. The van der Waals surface area contributed by atoms with Gasteiger partial charge in [0, 0.05) is 38.4 Å². The Kier molecular flexibility index (Phi) is 6.33. The monoisotopic (exact) mass is 460 g/mol. The van der Waals surface area contributed by atoms with Crippen LogP contribution in [-0.4, -0.2) is 11.6 Å². The molecular weight excluding hydrogens is 436 g/mol. The van der Waals surface area contributed by atoms with Crippen molar-refractivity contribution < 1.29 is 4.79 Å². The van der Waals surface area contributed by atoms with E-state index >= 15 is 0 Å². The first-order valence-electron chi connectivity index (χ1n) is 11.2. The molecule has 1 aliphatic carbocycles. The van der Waals surface area contributed by atoms with Crippen molar-refractivity contribution in [3.63, 3.8) is 0 Å². The van der Waals surface area contributed by atoms with Gasteiger partial charge in [0.2, 0.25) is 0 Å². The number of halogens is 1. The van der Waals surface area contributed by atoms with Gasteiger partial charge in [-0.25, -0.2) is 0 Å². The van der Waals surface area contributed by atoms with Crippen LogP contribution < -0.4 is 5.32 Å². The first kappa shape index (κ1) is 21.3. The summed E-state index contributed by atoms with van der Waals surface area (Å²) in [5, 5.41) is 3.65. The second kappa shape index (κ2) is 9.51. The zero-order valence-corrected chi connectivity index (χ0v) is 19.4. The third-order valence-electron chi connectivity index (χ3n) is 6.23. The molecule has 0 bridgehead atoms. The molecule has 1 saturated carbocycles. The summed E-state index contributed by atoms with van der Waals surface area (Å²) in [6.45, 7) is 0.395. The SMILES string of the molecule is O=C(NCc1ccccc1Cl)c1ccc2c(c1)N=C(C1CCCCC1)c1ccccc1S2. The predicted molar refractivity (Wildman–Crippen MR) is 132 cm³/mol. The molecule has 3 nitrogen and oxygen atoms in total. The van der Waals surface area contributed by atoms with E-state index in [1.807, 2.05) is 42.5 Å². The minimum Gasteiger partial charge on any atom is -0.348 e. The lowest BCUT2D eigenvalue weighted by atomic mass is 9.83. The highest BCUT2D eigenvalue weighted by atomic mass is 35.5. The molecule has 5 heteroatoms. The van der Waals surface area contributed by atoms with Crippen LogP contribution in [0.5, 0.6) is 0 Å². The van der Waals surface area contributed by atoms with E-state index in [0.29, 0.717) is 23.0 Å². The number of nitrogens with zero attached hydrogens (tertiary/aromatic N) is 1. The molecule has 1 aliphatic heterocycles. The van der Waals surface area contributed by atoms with Crippen LogP contribution in [0.25, 0.3) is 0 Å². The Bertz CT molecular complexity index is 1180. The van der Waals surface area contributed by atoms with Crippen LogP contribution in [0.15, 0.2) is 81.5 Å². The summed E-state index contributed by atoms with van der Waals surface area (Å²) in [7, 11) is 0. The highest BCUT2D eigenvalue weighted by molar-refractivity contribution is 7.99. The van der Waals surface area contributed by atoms with Gasteiger partial charge in [0.15, 0.2) is 0 Å². The van der Waals surface area contributed by atoms with Crippen LogP contribution in [-0.2, 0) is 6.54 Å². The minimum atomic E-state index is -0.117. The van der Waals surface area contributed by atoms with Crippen molar-refractivity contribution in [2.45, 2.75) is 48.4 Å². The molecule has 0 unspecified atom stereocenters. The molecule has 1 amide bonds. The molecule has 0 saturated heterocycles. The molecule has 1 heterocycles. The lowest BCUT2D eigenvalue weighted by molar-refractivity contribution is 0.0951. The van der Waals surface area contributed by atoms with Crippen molar-refractivity contribution in [1.82, 2.24) is 5.32 Å². The molecule has 0 radical (unpaired) electrons. The second-order valence-corrected chi connectivity index (χ2v) is 9.88. The van der Waals surface area contributed by atoms with E-state index in [4.69, 9.17) is 16.6 Å². The molecule has 0 aromatic heterocycles. The average Bonchev–Trinajstić information content (AvgIpc) is 3.00. The van der Waals surface area contributed by atoms with E-state index in [1.165, 1.54) is 48.3 Å². The van der Waals surface area contributed by atoms with Gasteiger partial charge in [0.25, 0.3) is 5.91 Å². The smallest absolute Gasteiger partial charge is 0.251 e. The van der Waals surface area contributed by atoms with E-state index in [0.717, 1.165) is 16.1 Å². The van der Waals surface area contributed by atoms with E-state index in [1.54, 1.807) is 11.8 Å². The molecular formula is C27H25ClN2OS. The van der Waals surface area contributed by atoms with Crippen LogP contribution in [0.2, 0.25) is 5.02 Å². The van der Waals surface area contributed by atoms with Gasteiger partial charge in [-0.15, -0.1) is 0 Å². The van der Waals surface area contributed by atoms with Gasteiger partial charge in [0.05, 0.1) is 11.4 Å². The Morgan fingerprint density at radius 2 is 1.75 bits per heavy atom. The Hall–Kier alpha value is -2.56. The van der Waals surface area contributed by atoms with E-state index < -0.39 is 0 Å². The van der Waals surface area contributed by atoms with Crippen molar-refractivity contribution in [1.29, 1.82) is 0 Å². The summed E-state index contributed by atoms with van der Waals surface area (Å²) in [4.78, 5) is 20.4. The number of hydrogen-bond acceptors (Lipinski definition) is 3. The number of hydrogen-bond donors (Lipinski definition) is 1. The summed E-state index contributed by atoms with van der Waals surface area (Å²) in [6.07, 6.45) is 6.20. The summed E-state index contributed by atoms with van der Waals surface area (Å²) in [6, 6.07) is 22.0. The number of fused-ring (bicyclic) bond motifs is 2. The van der Waals surface area contributed by atoms with Crippen molar-refractivity contribution in [2.75, 3.05) is 0 Å². The van der Waals surface area contributed by atoms with Crippen LogP contribution in [0.4, 0.5) is 5.69 Å². The van der Waals surface area contributed by atoms with Crippen molar-refractivity contribution in [3.8, 4) is 0 Å². The highest BCUT2D eigenvalue weighted by Gasteiger charge is 2.26. The van der Waals surface area contributed by atoms with Gasteiger partial charge in [-0.05, 0) is 48.7 Å². The normalized spacial score (nSPS) is 15.8. The maximum Gasteiger partial charge on any atom is 0.251 e. The van der Waals surface area contributed by atoms with Gasteiger partial charge in [0.1, 0.15) is 0 Å². The maximum absolute atomic E-state index is 12.9. The van der Waals surface area contributed by atoms with Gasteiger partial charge < -0.3 is 5.32 Å². The Morgan fingerprint density at radius 1 is 0.969 bits per heavy atom. The molecule has 0 atom stereocenters. The van der Waals surface area contributed by atoms with E-state index in [2.05, 4.69) is 29.6 Å². The standard InChI is InChI=1S/C27H25ClN2OS/c28-22-12-6-4-10-20(22)17-29-27(31)19-14-15-25-23(16-19)30-26(18-8-2-1-3-9-18)21-11-5-7-13-24(21)32-25/h4-7,10-16,18H,1-3,8-9,17H2,(H,29,31). The molecule has 3 aromatic rings. The number of carbonyl (C=O) groups excluding carboxylic acids is 1. The van der Waals surface area contributed by atoms with Crippen molar-refractivity contribution in [2.24, 2.45) is 10.9 Å². The van der Waals surface area contributed by atoms with Crippen molar-refractivity contribution >= 4 is 40.7 Å². The molecule has 32 heavy (non-hydrogen) atoms. The quantitative estimate of drug-likeness (QED) is 0.439. The number of benzene rings is 3. The molecule has 5 rings (SSSR count). The summed E-state index contributed by atoms with van der Waals surface area (Å²) < 4.78 is 0. The Labute approximate surface area is 198 Å². The number of carbonyl (C=O) groups is 1. The lowest BCUT2D eigenvalue weighted by Gasteiger charge is -2.24. The van der Waals surface area contributed by atoms with E-state index in [9.17, 15) is 4.79 Å². The third-order valence-corrected chi connectivity index (χ3v) is 7.74. The topological polar surface area (TPSA) is 41.5 Å². The maximum atomic E-state index is 12.9. The largest absolute Gasteiger partial charge is 0.348 e. The van der Waals surface area contributed by atoms with Gasteiger partial charge in [-0.3, -0.25) is 9.79 Å². The number of amides is 1. The second-order valence-electron chi connectivity index (χ2n) is 8.39. The highest BCUT2D eigenvalue weighted by Crippen LogP contribution is 2.43. The molecule has 1 N–H and O–H groups in total. The van der Waals surface area contributed by atoms with Crippen LogP contribution in [0.1, 0.15) is 53.6 Å². The van der Waals surface area contributed by atoms with Crippen LogP contribution in [0, 0.1) is 5.92 Å². The first-order chi connectivity index (χ1) is 15.7. The van der Waals surface area contributed by atoms with Crippen LogP contribution in [0.3, 0.4) is 0 Å².